The Morgan fingerprint density at radius 2 is 1.81 bits per heavy atom. The van der Waals surface area contributed by atoms with E-state index < -0.39 is 17.6 Å². The minimum atomic E-state index is -0.890. The second-order valence-corrected chi connectivity index (χ2v) is 6.43. The molecule has 2 aromatic carbocycles. The molecule has 7 heteroatoms. The predicted molar refractivity (Wildman–Crippen MR) is 99.5 cm³/mol. The molecule has 142 valence electrons. The SMILES string of the molecule is O=C(NCCc1ccc(CO)cc1)C(=O)Nc1ccc2c(c1F)CCNC2. The van der Waals surface area contributed by atoms with E-state index in [0.29, 0.717) is 31.5 Å². The largest absolute Gasteiger partial charge is 0.392 e. The first-order valence-corrected chi connectivity index (χ1v) is 8.87. The molecular weight excluding hydrogens is 349 g/mol. The Morgan fingerprint density at radius 3 is 2.56 bits per heavy atom. The molecule has 0 fully saturated rings. The van der Waals surface area contributed by atoms with Crippen molar-refractivity contribution in [3.63, 3.8) is 0 Å². The second kappa shape index (κ2) is 8.75. The molecule has 0 saturated heterocycles. The van der Waals surface area contributed by atoms with Crippen molar-refractivity contribution in [2.24, 2.45) is 0 Å². The first-order valence-electron chi connectivity index (χ1n) is 8.87. The lowest BCUT2D eigenvalue weighted by molar-refractivity contribution is -0.136. The Labute approximate surface area is 156 Å². The molecule has 1 aliphatic heterocycles. The second-order valence-electron chi connectivity index (χ2n) is 6.43. The fraction of sp³-hybridized carbons (Fsp3) is 0.300. The number of hydrogen-bond acceptors (Lipinski definition) is 4. The maximum Gasteiger partial charge on any atom is 0.313 e. The highest BCUT2D eigenvalue weighted by Gasteiger charge is 2.20. The van der Waals surface area contributed by atoms with E-state index in [-0.39, 0.29) is 18.8 Å². The quantitative estimate of drug-likeness (QED) is 0.596. The van der Waals surface area contributed by atoms with Crippen molar-refractivity contribution < 1.29 is 19.1 Å². The van der Waals surface area contributed by atoms with Gasteiger partial charge in [-0.15, -0.1) is 0 Å². The molecule has 1 aliphatic rings. The number of carbonyl (C=O) groups excluding carboxylic acids is 2. The summed E-state index contributed by atoms with van der Waals surface area (Å²) < 4.78 is 14.5. The van der Waals surface area contributed by atoms with Gasteiger partial charge >= 0.3 is 11.8 Å². The summed E-state index contributed by atoms with van der Waals surface area (Å²) in [6, 6.07) is 10.6. The number of benzene rings is 2. The number of aliphatic hydroxyl groups is 1. The fourth-order valence-electron chi connectivity index (χ4n) is 3.02. The molecule has 1 heterocycles. The van der Waals surface area contributed by atoms with Crippen LogP contribution in [0.5, 0.6) is 0 Å². The molecule has 6 nitrogen and oxygen atoms in total. The van der Waals surface area contributed by atoms with E-state index in [4.69, 9.17) is 5.11 Å². The molecule has 0 radical (unpaired) electrons. The molecule has 4 N–H and O–H groups in total. The lowest BCUT2D eigenvalue weighted by Gasteiger charge is -2.19. The number of hydrogen-bond donors (Lipinski definition) is 4. The number of halogens is 1. The fourth-order valence-corrected chi connectivity index (χ4v) is 3.02. The van der Waals surface area contributed by atoms with Crippen LogP contribution in [0.1, 0.15) is 22.3 Å². The zero-order chi connectivity index (χ0) is 19.2. The summed E-state index contributed by atoms with van der Waals surface area (Å²) in [5.41, 5.74) is 3.26. The molecule has 0 bridgehead atoms. The van der Waals surface area contributed by atoms with Crippen molar-refractivity contribution >= 4 is 17.5 Å². The van der Waals surface area contributed by atoms with Crippen LogP contribution in [0.4, 0.5) is 10.1 Å². The normalized spacial score (nSPS) is 13.0. The van der Waals surface area contributed by atoms with Gasteiger partial charge in [-0.3, -0.25) is 9.59 Å². The smallest absolute Gasteiger partial charge is 0.313 e. The van der Waals surface area contributed by atoms with Crippen LogP contribution in [-0.2, 0) is 35.6 Å². The monoisotopic (exact) mass is 371 g/mol. The van der Waals surface area contributed by atoms with E-state index in [2.05, 4.69) is 16.0 Å². The summed E-state index contributed by atoms with van der Waals surface area (Å²) >= 11 is 0. The van der Waals surface area contributed by atoms with Gasteiger partial charge in [0.15, 0.2) is 0 Å². The first kappa shape index (κ1) is 19.0. The summed E-state index contributed by atoms with van der Waals surface area (Å²) in [6.07, 6.45) is 1.09. The molecule has 0 unspecified atom stereocenters. The summed E-state index contributed by atoms with van der Waals surface area (Å²) in [5, 5.41) is 17.1. The molecule has 2 amide bonds. The zero-order valence-electron chi connectivity index (χ0n) is 14.8. The van der Waals surface area contributed by atoms with E-state index in [9.17, 15) is 14.0 Å². The van der Waals surface area contributed by atoms with Crippen LogP contribution in [-0.4, -0.2) is 30.0 Å². The minimum absolute atomic E-state index is 0.0209. The minimum Gasteiger partial charge on any atom is -0.392 e. The van der Waals surface area contributed by atoms with Gasteiger partial charge in [0.1, 0.15) is 5.82 Å². The van der Waals surface area contributed by atoms with Gasteiger partial charge in [-0.25, -0.2) is 4.39 Å². The van der Waals surface area contributed by atoms with Crippen molar-refractivity contribution in [3.05, 3.63) is 64.5 Å². The molecule has 0 spiro atoms. The average Bonchev–Trinajstić information content (AvgIpc) is 2.70. The Hall–Kier alpha value is -2.77. The Bertz CT molecular complexity index is 837. The maximum absolute atomic E-state index is 14.5. The van der Waals surface area contributed by atoms with Gasteiger partial charge in [-0.2, -0.15) is 0 Å². The molecule has 27 heavy (non-hydrogen) atoms. The van der Waals surface area contributed by atoms with Gasteiger partial charge in [-0.1, -0.05) is 30.3 Å². The predicted octanol–water partition coefficient (Wildman–Crippen LogP) is 1.26. The number of nitrogens with one attached hydrogen (secondary N) is 3. The van der Waals surface area contributed by atoms with Gasteiger partial charge in [0.2, 0.25) is 0 Å². The highest BCUT2D eigenvalue weighted by molar-refractivity contribution is 6.39. The number of amides is 2. The van der Waals surface area contributed by atoms with E-state index in [1.807, 2.05) is 12.1 Å². The van der Waals surface area contributed by atoms with Gasteiger partial charge in [0, 0.05) is 13.1 Å². The Morgan fingerprint density at radius 1 is 1.07 bits per heavy atom. The number of anilines is 1. The van der Waals surface area contributed by atoms with Crippen molar-refractivity contribution in [1.29, 1.82) is 0 Å². The van der Waals surface area contributed by atoms with Crippen molar-refractivity contribution in [2.75, 3.05) is 18.4 Å². The van der Waals surface area contributed by atoms with E-state index in [0.717, 1.165) is 16.7 Å². The highest BCUT2D eigenvalue weighted by Crippen LogP contribution is 2.24. The first-order chi connectivity index (χ1) is 13.1. The van der Waals surface area contributed by atoms with Crippen LogP contribution in [0, 0.1) is 5.82 Å². The topological polar surface area (TPSA) is 90.5 Å². The molecule has 0 saturated carbocycles. The Kier molecular flexibility index (Phi) is 6.16. The summed E-state index contributed by atoms with van der Waals surface area (Å²) in [7, 11) is 0. The van der Waals surface area contributed by atoms with Crippen LogP contribution < -0.4 is 16.0 Å². The molecule has 2 aromatic rings. The van der Waals surface area contributed by atoms with Gasteiger partial charge in [0.05, 0.1) is 12.3 Å². The van der Waals surface area contributed by atoms with Crippen molar-refractivity contribution in [1.82, 2.24) is 10.6 Å². The highest BCUT2D eigenvalue weighted by atomic mass is 19.1. The molecular formula is C20H22FN3O3. The van der Waals surface area contributed by atoms with Crippen LogP contribution in [0.3, 0.4) is 0 Å². The molecule has 0 aromatic heterocycles. The lowest BCUT2D eigenvalue weighted by Crippen LogP contribution is -2.36. The number of aliphatic hydroxyl groups excluding tert-OH is 1. The summed E-state index contributed by atoms with van der Waals surface area (Å²) in [5.74, 6) is -2.17. The van der Waals surface area contributed by atoms with E-state index in [1.54, 1.807) is 18.2 Å². The van der Waals surface area contributed by atoms with Crippen molar-refractivity contribution in [3.8, 4) is 0 Å². The third-order valence-corrected chi connectivity index (χ3v) is 4.57. The third-order valence-electron chi connectivity index (χ3n) is 4.57. The molecule has 0 atom stereocenters. The zero-order valence-corrected chi connectivity index (χ0v) is 14.8. The van der Waals surface area contributed by atoms with Crippen molar-refractivity contribution in [2.45, 2.75) is 26.0 Å². The van der Waals surface area contributed by atoms with Crippen LogP contribution in [0.2, 0.25) is 0 Å². The number of fused-ring (bicyclic) bond motifs is 1. The summed E-state index contributed by atoms with van der Waals surface area (Å²) in [6.45, 7) is 1.54. The van der Waals surface area contributed by atoms with E-state index >= 15 is 0 Å². The molecule has 0 aliphatic carbocycles. The number of rotatable bonds is 5. The maximum atomic E-state index is 14.5. The van der Waals surface area contributed by atoms with Crippen LogP contribution >= 0.6 is 0 Å². The standard InChI is InChI=1S/C20H22FN3O3/c21-18-16-8-9-22-11-15(16)5-6-17(18)24-20(27)19(26)23-10-7-13-1-3-14(12-25)4-2-13/h1-6,22,25H,7-12H2,(H,23,26)(H,24,27). The third kappa shape index (κ3) is 4.69. The van der Waals surface area contributed by atoms with Gasteiger partial charge in [0.25, 0.3) is 0 Å². The van der Waals surface area contributed by atoms with Gasteiger partial charge < -0.3 is 21.1 Å². The summed E-state index contributed by atoms with van der Waals surface area (Å²) in [4.78, 5) is 24.0. The molecule has 3 rings (SSSR count). The van der Waals surface area contributed by atoms with Gasteiger partial charge in [-0.05, 0) is 47.7 Å². The Balaban J connectivity index is 1.52. The van der Waals surface area contributed by atoms with Crippen LogP contribution in [0.15, 0.2) is 36.4 Å². The van der Waals surface area contributed by atoms with Crippen LogP contribution in [0.25, 0.3) is 0 Å². The van der Waals surface area contributed by atoms with E-state index in [1.165, 1.54) is 6.07 Å². The average molecular weight is 371 g/mol. The lowest BCUT2D eigenvalue weighted by atomic mass is 9.99. The number of carbonyl (C=O) groups is 2.